The van der Waals surface area contributed by atoms with E-state index in [1.807, 2.05) is 25.1 Å². The smallest absolute Gasteiger partial charge is 0.305 e. The molecule has 0 unspecified atom stereocenters. The highest BCUT2D eigenvalue weighted by molar-refractivity contribution is 7.08. The second kappa shape index (κ2) is 9.13. The van der Waals surface area contributed by atoms with Crippen molar-refractivity contribution >= 4 is 28.3 Å². The van der Waals surface area contributed by atoms with Gasteiger partial charge in [-0.1, -0.05) is 17.7 Å². The minimum absolute atomic E-state index is 0.186. The average Bonchev–Trinajstić information content (AvgIpc) is 3.40. The number of aryl methyl sites for hydroxylation is 1. The summed E-state index contributed by atoms with van der Waals surface area (Å²) in [7, 11) is 0. The van der Waals surface area contributed by atoms with Crippen molar-refractivity contribution in [2.75, 3.05) is 13.2 Å². The Balaban J connectivity index is 1.64. The zero-order valence-corrected chi connectivity index (χ0v) is 17.9. The monoisotopic (exact) mass is 420 g/mol. The highest BCUT2D eigenvalue weighted by Gasteiger charge is 2.15. The van der Waals surface area contributed by atoms with Crippen LogP contribution in [0.2, 0.25) is 0 Å². The molecule has 0 bridgehead atoms. The molecule has 4 rings (SSSR count). The zero-order chi connectivity index (χ0) is 20.9. The third kappa shape index (κ3) is 4.39. The van der Waals surface area contributed by atoms with Gasteiger partial charge in [0.2, 0.25) is 0 Å². The van der Waals surface area contributed by atoms with Crippen LogP contribution in [0, 0.1) is 6.92 Å². The lowest BCUT2D eigenvalue weighted by Crippen LogP contribution is -2.06. The number of hydrogen-bond acceptors (Lipinski definition) is 5. The summed E-state index contributed by atoms with van der Waals surface area (Å²) in [5, 5.41) is 4.17. The number of fused-ring (bicyclic) bond motifs is 1. The van der Waals surface area contributed by atoms with Crippen LogP contribution in [0.4, 0.5) is 0 Å². The Morgan fingerprint density at radius 2 is 1.97 bits per heavy atom. The quantitative estimate of drug-likeness (QED) is 0.268. The number of hydrogen-bond donors (Lipinski definition) is 0. The predicted octanol–water partition coefficient (Wildman–Crippen LogP) is 5.78. The Morgan fingerprint density at radius 3 is 2.70 bits per heavy atom. The van der Waals surface area contributed by atoms with Gasteiger partial charge in [0.15, 0.2) is 0 Å². The molecule has 0 saturated carbocycles. The van der Waals surface area contributed by atoms with Crippen LogP contribution in [0.3, 0.4) is 0 Å². The summed E-state index contributed by atoms with van der Waals surface area (Å²) < 4.78 is 13.0. The van der Waals surface area contributed by atoms with E-state index in [2.05, 4.69) is 52.6 Å². The van der Waals surface area contributed by atoms with Crippen LogP contribution in [-0.4, -0.2) is 28.7 Å². The van der Waals surface area contributed by atoms with Crippen LogP contribution >= 0.6 is 11.3 Å². The van der Waals surface area contributed by atoms with E-state index in [1.54, 1.807) is 11.3 Å². The molecule has 0 amide bonds. The lowest BCUT2D eigenvalue weighted by atomic mass is 10.2. The number of carbonyl (C=O) groups is 1. The van der Waals surface area contributed by atoms with Crippen LogP contribution in [-0.2, 0) is 9.53 Å². The maximum Gasteiger partial charge on any atom is 0.305 e. The first-order valence-electron chi connectivity index (χ1n) is 10.1. The molecular weight excluding hydrogens is 396 g/mol. The molecule has 2 aromatic heterocycles. The number of esters is 1. The summed E-state index contributed by atoms with van der Waals surface area (Å²) in [5.74, 6) is 1.49. The van der Waals surface area contributed by atoms with E-state index < -0.39 is 0 Å². The standard InChI is InChI=1S/C24H24N2O3S/c1-3-28-23(27)5-4-13-29-20-10-11-21-22(15-20)26(19-8-6-17(2)7-9-19)24(25-21)18-12-14-30-16-18/h6-12,14-16H,3-5,13H2,1-2H3. The van der Waals surface area contributed by atoms with Crippen molar-refractivity contribution in [2.24, 2.45) is 0 Å². The van der Waals surface area contributed by atoms with Crippen molar-refractivity contribution in [1.29, 1.82) is 0 Å². The van der Waals surface area contributed by atoms with Crippen molar-refractivity contribution in [2.45, 2.75) is 26.7 Å². The molecule has 154 valence electrons. The molecule has 4 aromatic rings. The van der Waals surface area contributed by atoms with Crippen LogP contribution < -0.4 is 4.74 Å². The lowest BCUT2D eigenvalue weighted by molar-refractivity contribution is -0.143. The maximum atomic E-state index is 11.5. The molecule has 2 heterocycles. The van der Waals surface area contributed by atoms with Crippen molar-refractivity contribution in [1.82, 2.24) is 9.55 Å². The van der Waals surface area contributed by atoms with Gasteiger partial charge in [-0.15, -0.1) is 0 Å². The summed E-state index contributed by atoms with van der Waals surface area (Å²) in [5.41, 5.74) is 5.27. The summed E-state index contributed by atoms with van der Waals surface area (Å²) in [4.78, 5) is 16.4. The first-order chi connectivity index (χ1) is 14.7. The second-order valence-corrected chi connectivity index (χ2v) is 7.81. The largest absolute Gasteiger partial charge is 0.494 e. The van der Waals surface area contributed by atoms with E-state index in [0.29, 0.717) is 26.1 Å². The first kappa shape index (κ1) is 20.2. The number of imidazole rings is 1. The molecular formula is C24H24N2O3S. The van der Waals surface area contributed by atoms with Crippen molar-refractivity contribution in [3.8, 4) is 22.8 Å². The molecule has 0 fully saturated rings. The van der Waals surface area contributed by atoms with E-state index in [4.69, 9.17) is 14.5 Å². The molecule has 2 aromatic carbocycles. The topological polar surface area (TPSA) is 53.4 Å². The van der Waals surface area contributed by atoms with Crippen LogP contribution in [0.5, 0.6) is 5.75 Å². The van der Waals surface area contributed by atoms with Crippen LogP contribution in [0.15, 0.2) is 59.3 Å². The Morgan fingerprint density at radius 1 is 1.13 bits per heavy atom. The molecule has 0 radical (unpaired) electrons. The summed E-state index contributed by atoms with van der Waals surface area (Å²) in [6, 6.07) is 16.4. The van der Waals surface area contributed by atoms with Gasteiger partial charge in [-0.05, 0) is 56.0 Å². The number of rotatable bonds is 8. The number of carbonyl (C=O) groups excluding carboxylic acids is 1. The van der Waals surface area contributed by atoms with Gasteiger partial charge in [0.25, 0.3) is 0 Å². The van der Waals surface area contributed by atoms with Gasteiger partial charge in [0.05, 0.1) is 24.2 Å². The molecule has 0 aliphatic heterocycles. The highest BCUT2D eigenvalue weighted by Crippen LogP contribution is 2.32. The summed E-state index contributed by atoms with van der Waals surface area (Å²) >= 11 is 1.66. The molecule has 0 aliphatic carbocycles. The minimum atomic E-state index is -0.186. The Bertz CT molecular complexity index is 1130. The van der Waals surface area contributed by atoms with Crippen LogP contribution in [0.1, 0.15) is 25.3 Å². The first-order valence-corrected chi connectivity index (χ1v) is 11.0. The molecule has 0 saturated heterocycles. The average molecular weight is 421 g/mol. The highest BCUT2D eigenvalue weighted by atomic mass is 32.1. The van der Waals surface area contributed by atoms with Crippen LogP contribution in [0.25, 0.3) is 28.1 Å². The van der Waals surface area contributed by atoms with Crippen molar-refractivity contribution < 1.29 is 14.3 Å². The van der Waals surface area contributed by atoms with E-state index in [1.165, 1.54) is 5.56 Å². The SMILES string of the molecule is CCOC(=O)CCCOc1ccc2nc(-c3ccsc3)n(-c3ccc(C)cc3)c2c1. The lowest BCUT2D eigenvalue weighted by Gasteiger charge is -2.10. The van der Waals surface area contributed by atoms with Gasteiger partial charge in [-0.3, -0.25) is 9.36 Å². The summed E-state index contributed by atoms with van der Waals surface area (Å²) in [6.45, 7) is 4.76. The van der Waals surface area contributed by atoms with Gasteiger partial charge in [0.1, 0.15) is 11.6 Å². The van der Waals surface area contributed by atoms with Crippen molar-refractivity contribution in [3.05, 3.63) is 64.9 Å². The molecule has 0 spiro atoms. The van der Waals surface area contributed by atoms with E-state index in [0.717, 1.165) is 33.9 Å². The summed E-state index contributed by atoms with van der Waals surface area (Å²) in [6.07, 6.45) is 0.980. The van der Waals surface area contributed by atoms with Gasteiger partial charge in [-0.25, -0.2) is 4.98 Å². The number of ether oxygens (including phenoxy) is 2. The Labute approximate surface area is 179 Å². The normalized spacial score (nSPS) is 11.0. The molecule has 0 aliphatic rings. The fourth-order valence-electron chi connectivity index (χ4n) is 3.33. The number of benzene rings is 2. The maximum absolute atomic E-state index is 11.5. The number of aromatic nitrogens is 2. The van der Waals surface area contributed by atoms with Gasteiger partial charge >= 0.3 is 5.97 Å². The zero-order valence-electron chi connectivity index (χ0n) is 17.1. The van der Waals surface area contributed by atoms with E-state index in [9.17, 15) is 4.79 Å². The third-order valence-corrected chi connectivity index (χ3v) is 5.48. The minimum Gasteiger partial charge on any atom is -0.494 e. The predicted molar refractivity (Wildman–Crippen MR) is 120 cm³/mol. The molecule has 6 heteroatoms. The van der Waals surface area contributed by atoms with Gasteiger partial charge in [-0.2, -0.15) is 11.3 Å². The molecule has 0 N–H and O–H groups in total. The fourth-order valence-corrected chi connectivity index (χ4v) is 3.96. The second-order valence-electron chi connectivity index (χ2n) is 7.03. The van der Waals surface area contributed by atoms with E-state index >= 15 is 0 Å². The fraction of sp³-hybridized carbons (Fsp3) is 0.250. The number of nitrogens with zero attached hydrogens (tertiary/aromatic N) is 2. The van der Waals surface area contributed by atoms with Crippen molar-refractivity contribution in [3.63, 3.8) is 0 Å². The Kier molecular flexibility index (Phi) is 6.14. The Hall–Kier alpha value is -3.12. The third-order valence-electron chi connectivity index (χ3n) is 4.80. The van der Waals surface area contributed by atoms with Gasteiger partial charge in [0, 0.05) is 29.1 Å². The molecule has 0 atom stereocenters. The molecule has 5 nitrogen and oxygen atoms in total. The van der Waals surface area contributed by atoms with Gasteiger partial charge < -0.3 is 9.47 Å². The van der Waals surface area contributed by atoms with E-state index in [-0.39, 0.29) is 5.97 Å². The number of thiophene rings is 1. The molecule has 30 heavy (non-hydrogen) atoms.